The van der Waals surface area contributed by atoms with Crippen LogP contribution in [0.25, 0.3) is 0 Å². The number of carboxylic acids is 1. The number of carbonyl (C=O) groups excluding carboxylic acids is 1. The zero-order chi connectivity index (χ0) is 10.7. The number of piperazine rings is 1. The first-order valence-corrected chi connectivity index (χ1v) is 5.05. The van der Waals surface area contributed by atoms with E-state index < -0.39 is 5.97 Å². The second-order valence-corrected chi connectivity index (χ2v) is 3.54. The Balaban J connectivity index is 0.00000128. The minimum Gasteiger partial charge on any atom is -0.545 e. The van der Waals surface area contributed by atoms with Crippen molar-refractivity contribution in [3.63, 3.8) is 0 Å². The fourth-order valence-electron chi connectivity index (χ4n) is 1.83. The minimum absolute atomic E-state index is 0. The van der Waals surface area contributed by atoms with Crippen LogP contribution in [0.4, 0.5) is 5.69 Å². The maximum Gasteiger partial charge on any atom is 1.00 e. The summed E-state index contributed by atoms with van der Waals surface area (Å²) in [5, 5.41) is 14.1. The van der Waals surface area contributed by atoms with E-state index in [1.807, 2.05) is 12.1 Å². The summed E-state index contributed by atoms with van der Waals surface area (Å²) in [6.07, 6.45) is 0. The van der Waals surface area contributed by atoms with Crippen LogP contribution in [-0.2, 0) is 0 Å². The van der Waals surface area contributed by atoms with Crippen molar-refractivity contribution in [2.45, 2.75) is 0 Å². The van der Waals surface area contributed by atoms with Gasteiger partial charge in [0.25, 0.3) is 0 Å². The zero-order valence-corrected chi connectivity index (χ0v) is 11.4. The molecule has 5 heteroatoms. The molecule has 0 aliphatic carbocycles. The monoisotopic (exact) mass is 228 g/mol. The van der Waals surface area contributed by atoms with E-state index in [4.69, 9.17) is 0 Å². The van der Waals surface area contributed by atoms with Crippen molar-refractivity contribution < 1.29 is 39.5 Å². The number of carbonyl (C=O) groups is 1. The number of hydrogen-bond donors (Lipinski definition) is 1. The van der Waals surface area contributed by atoms with Crippen molar-refractivity contribution in [3.8, 4) is 0 Å². The third kappa shape index (κ3) is 2.98. The first-order chi connectivity index (χ1) is 7.29. The van der Waals surface area contributed by atoms with Crippen LogP contribution in [0, 0.1) is 0 Å². The van der Waals surface area contributed by atoms with Crippen molar-refractivity contribution in [1.29, 1.82) is 0 Å². The minimum atomic E-state index is -1.11. The normalized spacial score (nSPS) is 15.4. The molecule has 1 N–H and O–H groups in total. The first kappa shape index (κ1) is 13.5. The molecule has 4 nitrogen and oxygen atoms in total. The summed E-state index contributed by atoms with van der Waals surface area (Å²) in [6, 6.07) is 6.99. The summed E-state index contributed by atoms with van der Waals surface area (Å²) in [5.41, 5.74) is 1.04. The maximum atomic E-state index is 10.9. The summed E-state index contributed by atoms with van der Waals surface area (Å²) in [5.74, 6) is -1.11. The number of nitrogens with zero attached hydrogens (tertiary/aromatic N) is 1. The molecule has 0 spiro atoms. The van der Waals surface area contributed by atoms with E-state index in [-0.39, 0.29) is 35.1 Å². The van der Waals surface area contributed by atoms with Gasteiger partial charge in [0.15, 0.2) is 0 Å². The van der Waals surface area contributed by atoms with Gasteiger partial charge in [-0.25, -0.2) is 0 Å². The molecule has 0 bridgehead atoms. The number of aromatic carboxylic acids is 1. The number of anilines is 1. The van der Waals surface area contributed by atoms with Gasteiger partial charge in [-0.15, -0.1) is 0 Å². The topological polar surface area (TPSA) is 55.4 Å². The van der Waals surface area contributed by atoms with E-state index in [9.17, 15) is 9.90 Å². The molecule has 16 heavy (non-hydrogen) atoms. The van der Waals surface area contributed by atoms with E-state index in [1.165, 1.54) is 0 Å². The van der Waals surface area contributed by atoms with Crippen LogP contribution in [0.2, 0.25) is 0 Å². The van der Waals surface area contributed by atoms with Gasteiger partial charge >= 0.3 is 29.6 Å². The largest absolute Gasteiger partial charge is 1.00 e. The number of benzene rings is 1. The molecule has 1 aliphatic rings. The summed E-state index contributed by atoms with van der Waals surface area (Å²) >= 11 is 0. The molecule has 1 aromatic carbocycles. The van der Waals surface area contributed by atoms with Gasteiger partial charge in [-0.1, -0.05) is 18.2 Å². The molecule has 0 aromatic heterocycles. The van der Waals surface area contributed by atoms with Crippen molar-refractivity contribution in [2.75, 3.05) is 31.1 Å². The van der Waals surface area contributed by atoms with Crippen molar-refractivity contribution in [3.05, 3.63) is 29.8 Å². The molecule has 1 heterocycles. The van der Waals surface area contributed by atoms with Crippen LogP contribution in [0.1, 0.15) is 10.4 Å². The van der Waals surface area contributed by atoms with Crippen LogP contribution >= 0.6 is 0 Å². The van der Waals surface area contributed by atoms with Crippen molar-refractivity contribution in [1.82, 2.24) is 5.32 Å². The molecule has 1 saturated heterocycles. The van der Waals surface area contributed by atoms with E-state index >= 15 is 0 Å². The number of para-hydroxylation sites is 1. The van der Waals surface area contributed by atoms with Gasteiger partial charge in [0, 0.05) is 37.4 Å². The number of hydrogen-bond acceptors (Lipinski definition) is 4. The Morgan fingerprint density at radius 3 is 2.50 bits per heavy atom. The van der Waals surface area contributed by atoms with Gasteiger partial charge in [-0.3, -0.25) is 0 Å². The van der Waals surface area contributed by atoms with Gasteiger partial charge in [0.05, 0.1) is 5.97 Å². The summed E-state index contributed by atoms with van der Waals surface area (Å²) < 4.78 is 0. The Morgan fingerprint density at radius 2 is 1.88 bits per heavy atom. The number of carboxylic acid groups (broad SMARTS) is 1. The third-order valence-corrected chi connectivity index (χ3v) is 2.58. The predicted octanol–water partition coefficient (Wildman–Crippen LogP) is -3.54. The van der Waals surface area contributed by atoms with Crippen LogP contribution in [-0.4, -0.2) is 32.1 Å². The molecule has 0 amide bonds. The summed E-state index contributed by atoms with van der Waals surface area (Å²) in [4.78, 5) is 13.0. The van der Waals surface area contributed by atoms with Crippen molar-refractivity contribution in [2.24, 2.45) is 0 Å². The van der Waals surface area contributed by atoms with Gasteiger partial charge in [-0.2, -0.15) is 0 Å². The smallest absolute Gasteiger partial charge is 0.545 e. The Hall–Kier alpha value is -0.550. The van der Waals surface area contributed by atoms with E-state index in [1.54, 1.807) is 12.1 Å². The molecule has 1 aliphatic heterocycles. The van der Waals surface area contributed by atoms with Gasteiger partial charge in [0.1, 0.15) is 0 Å². The zero-order valence-electron chi connectivity index (χ0n) is 9.40. The maximum absolute atomic E-state index is 10.9. The van der Waals surface area contributed by atoms with Crippen LogP contribution in [0.5, 0.6) is 0 Å². The van der Waals surface area contributed by atoms with Crippen molar-refractivity contribution >= 4 is 11.7 Å². The fourth-order valence-corrected chi connectivity index (χ4v) is 1.83. The molecular weight excluding hydrogens is 215 g/mol. The summed E-state index contributed by atoms with van der Waals surface area (Å²) in [6.45, 7) is 3.46. The van der Waals surface area contributed by atoms with Crippen LogP contribution in [0.15, 0.2) is 24.3 Å². The van der Waals surface area contributed by atoms with Crippen LogP contribution in [0.3, 0.4) is 0 Å². The Morgan fingerprint density at radius 1 is 1.25 bits per heavy atom. The second-order valence-electron chi connectivity index (χ2n) is 3.54. The fraction of sp³-hybridized carbons (Fsp3) is 0.364. The van der Waals surface area contributed by atoms with Gasteiger partial charge in [0.2, 0.25) is 0 Å². The molecular formula is C11H13N2NaO2. The molecule has 1 aromatic rings. The molecule has 80 valence electrons. The molecule has 0 radical (unpaired) electrons. The van der Waals surface area contributed by atoms with E-state index in [2.05, 4.69) is 10.2 Å². The standard InChI is InChI=1S/C11H14N2O2.Na/c14-11(15)9-3-1-2-4-10(9)13-7-5-12-6-8-13;/h1-4,12H,5-8H2,(H,14,15);/q;+1/p-1. The Labute approximate surface area is 117 Å². The van der Waals surface area contributed by atoms with E-state index in [0.717, 1.165) is 31.9 Å². The molecule has 0 saturated carbocycles. The second kappa shape index (κ2) is 6.25. The molecule has 1 fully saturated rings. The number of rotatable bonds is 2. The van der Waals surface area contributed by atoms with Crippen LogP contribution < -0.4 is 44.9 Å². The van der Waals surface area contributed by atoms with Gasteiger partial charge < -0.3 is 20.1 Å². The third-order valence-electron chi connectivity index (χ3n) is 2.58. The quantitative estimate of drug-likeness (QED) is 0.533. The average molecular weight is 228 g/mol. The van der Waals surface area contributed by atoms with Gasteiger partial charge in [-0.05, 0) is 6.07 Å². The average Bonchev–Trinajstić information content (AvgIpc) is 2.30. The van der Waals surface area contributed by atoms with E-state index in [0.29, 0.717) is 0 Å². The predicted molar refractivity (Wildman–Crippen MR) is 55.9 cm³/mol. The molecule has 2 rings (SSSR count). The SMILES string of the molecule is O=C([O-])c1ccccc1N1CCNCC1.[Na+]. The Kier molecular flexibility index (Phi) is 5.28. The molecule has 0 atom stereocenters. The summed E-state index contributed by atoms with van der Waals surface area (Å²) in [7, 11) is 0. The Bertz CT molecular complexity index is 365. The first-order valence-electron chi connectivity index (χ1n) is 5.05. The number of nitrogens with one attached hydrogen (secondary N) is 1. The molecule has 0 unspecified atom stereocenters.